The molecule has 0 rings (SSSR count). The van der Waals surface area contributed by atoms with Crippen molar-refractivity contribution in [1.82, 2.24) is 0 Å². The lowest BCUT2D eigenvalue weighted by molar-refractivity contribution is -0.152. The summed E-state index contributed by atoms with van der Waals surface area (Å²) >= 11 is 0. The fourth-order valence-corrected chi connectivity index (χ4v) is 4.49. The van der Waals surface area contributed by atoms with Crippen molar-refractivity contribution < 1.29 is 24.2 Å². The molecule has 288 valence electrons. The number of carbonyl (C=O) groups is 2. The van der Waals surface area contributed by atoms with Crippen LogP contribution < -0.4 is 0 Å². The van der Waals surface area contributed by atoms with Gasteiger partial charge in [-0.3, -0.25) is 9.59 Å². The zero-order valence-electron chi connectivity index (χ0n) is 32.5. The molecule has 1 N–H and O–H groups in total. The van der Waals surface area contributed by atoms with E-state index in [0.29, 0.717) is 12.8 Å². The fourth-order valence-electron chi connectivity index (χ4n) is 4.49. The molecule has 1 atom stereocenters. The van der Waals surface area contributed by atoms with Gasteiger partial charge in [-0.15, -0.1) is 0 Å². The molecule has 5 heteroatoms. The fraction of sp³-hybridized carbons (Fsp3) is 0.489. The number of rotatable bonds is 33. The van der Waals surface area contributed by atoms with Gasteiger partial charge in [0.05, 0.1) is 0 Å². The lowest BCUT2D eigenvalue weighted by Crippen LogP contribution is -2.25. The van der Waals surface area contributed by atoms with Crippen molar-refractivity contribution in [1.29, 1.82) is 0 Å². The highest BCUT2D eigenvalue weighted by atomic mass is 16.6. The number of allylic oxidation sites excluding steroid dienone is 22. The summed E-state index contributed by atoms with van der Waals surface area (Å²) in [5, 5.41) is 10.0. The summed E-state index contributed by atoms with van der Waals surface area (Å²) in [4.78, 5) is 23.9. The molecule has 0 saturated heterocycles. The monoisotopic (exact) mass is 715 g/mol. The van der Waals surface area contributed by atoms with Gasteiger partial charge < -0.3 is 14.6 Å². The third-order valence-electron chi connectivity index (χ3n) is 7.39. The summed E-state index contributed by atoms with van der Waals surface area (Å²) in [6.45, 7) is 3.95. The molecule has 0 radical (unpaired) electrons. The van der Waals surface area contributed by atoms with Gasteiger partial charge in [-0.05, 0) is 96.3 Å². The second-order valence-corrected chi connectivity index (χ2v) is 12.3. The Morgan fingerprint density at radius 1 is 0.404 bits per heavy atom. The Morgan fingerprint density at radius 3 is 1.08 bits per heavy atom. The Hall–Kier alpha value is -3.96. The average Bonchev–Trinajstić information content (AvgIpc) is 3.15. The minimum atomic E-state index is -1.02. The predicted octanol–water partition coefficient (Wildman–Crippen LogP) is 12.6. The number of ether oxygens (including phenoxy) is 2. The van der Waals surface area contributed by atoms with Crippen LogP contribution in [-0.4, -0.2) is 36.4 Å². The largest absolute Gasteiger partial charge is 0.463 e. The number of unbranched alkanes of at least 4 members (excludes halogenated alkanes) is 3. The first-order chi connectivity index (χ1) is 25.6. The quantitative estimate of drug-likeness (QED) is 0.0416. The smallest absolute Gasteiger partial charge is 0.306 e. The van der Waals surface area contributed by atoms with Crippen molar-refractivity contribution in [2.24, 2.45) is 0 Å². The van der Waals surface area contributed by atoms with Gasteiger partial charge in [0, 0.05) is 12.8 Å². The molecule has 0 aliphatic heterocycles. The second-order valence-electron chi connectivity index (χ2n) is 12.3. The Balaban J connectivity index is 3.69. The number of hydrogen-bond donors (Lipinski definition) is 1. The van der Waals surface area contributed by atoms with Crippen molar-refractivity contribution >= 4 is 11.9 Å². The molecule has 0 aliphatic rings. The summed E-state index contributed by atoms with van der Waals surface area (Å²) in [6, 6.07) is 0. The van der Waals surface area contributed by atoms with Crippen LogP contribution in [0.2, 0.25) is 0 Å². The van der Waals surface area contributed by atoms with Gasteiger partial charge in [0.25, 0.3) is 0 Å². The molecular weight excluding hydrogens is 645 g/mol. The molecule has 0 aromatic carbocycles. The van der Waals surface area contributed by atoms with Gasteiger partial charge in [0.2, 0.25) is 0 Å². The normalized spacial score (nSPS) is 13.7. The number of esters is 2. The Labute approximate surface area is 317 Å². The number of hydrogen-bond acceptors (Lipinski definition) is 5. The van der Waals surface area contributed by atoms with E-state index < -0.39 is 6.10 Å². The van der Waals surface area contributed by atoms with Gasteiger partial charge in [-0.2, -0.15) is 0 Å². The third kappa shape index (κ3) is 40.5. The van der Waals surface area contributed by atoms with Gasteiger partial charge >= 0.3 is 11.9 Å². The van der Waals surface area contributed by atoms with Gasteiger partial charge in [0.1, 0.15) is 19.3 Å². The van der Waals surface area contributed by atoms with Crippen LogP contribution in [0.1, 0.15) is 129 Å². The van der Waals surface area contributed by atoms with E-state index in [1.54, 1.807) is 0 Å². The molecule has 52 heavy (non-hydrogen) atoms. The molecular formula is C47H70O5. The Morgan fingerprint density at radius 2 is 0.712 bits per heavy atom. The lowest BCUT2D eigenvalue weighted by atomic mass is 10.1. The van der Waals surface area contributed by atoms with Crippen molar-refractivity contribution in [3.05, 3.63) is 134 Å². The van der Waals surface area contributed by atoms with Crippen LogP contribution >= 0.6 is 0 Å². The van der Waals surface area contributed by atoms with Crippen LogP contribution in [-0.2, 0) is 19.1 Å². The molecule has 0 aromatic rings. The average molecular weight is 715 g/mol. The summed E-state index contributed by atoms with van der Waals surface area (Å²) in [7, 11) is 0. The molecule has 0 unspecified atom stereocenters. The van der Waals surface area contributed by atoms with Crippen LogP contribution in [0.5, 0.6) is 0 Å². The first-order valence-electron chi connectivity index (χ1n) is 19.7. The molecule has 0 spiro atoms. The van der Waals surface area contributed by atoms with Crippen molar-refractivity contribution in [2.45, 2.75) is 136 Å². The highest BCUT2D eigenvalue weighted by Gasteiger charge is 2.11. The topological polar surface area (TPSA) is 72.8 Å². The summed E-state index contributed by atoms with van der Waals surface area (Å²) in [5.41, 5.74) is 0. The first-order valence-corrected chi connectivity index (χ1v) is 19.7. The number of carbonyl (C=O) groups excluding carboxylic acids is 2. The summed E-state index contributed by atoms with van der Waals surface area (Å²) in [5.74, 6) is -0.713. The maximum atomic E-state index is 12.0. The van der Waals surface area contributed by atoms with Crippen LogP contribution in [0, 0.1) is 0 Å². The number of aliphatic hydroxyl groups is 1. The molecule has 0 amide bonds. The van der Waals surface area contributed by atoms with Gasteiger partial charge in [-0.25, -0.2) is 0 Å². The highest BCUT2D eigenvalue weighted by Crippen LogP contribution is 2.06. The van der Waals surface area contributed by atoms with E-state index in [2.05, 4.69) is 135 Å². The minimum absolute atomic E-state index is 0.167. The Kier molecular flexibility index (Phi) is 38.3. The van der Waals surface area contributed by atoms with E-state index in [0.717, 1.165) is 96.3 Å². The zero-order chi connectivity index (χ0) is 37.8. The standard InChI is InChI=1S/C47H70O5/c1-3-5-7-9-11-13-15-17-19-21-23-25-27-29-31-33-35-37-39-41-46(49)51-43-45(48)44-52-47(50)42-40-38-36-34-32-30-28-26-24-22-20-18-16-14-12-10-8-6-4-2/h5-8,11-14,17-20,23-26,29-32,35,37,45,48H,3-4,9-10,15-16,21-22,27-28,33-34,36,38-44H2,1-2H3/b7-5-,8-6-,13-11-,14-12-,19-17-,20-18-,25-23-,26-24-,31-29-,32-30-,37-35-/t45-/m0/s1. The molecule has 0 bridgehead atoms. The van der Waals surface area contributed by atoms with Crippen molar-refractivity contribution in [3.8, 4) is 0 Å². The van der Waals surface area contributed by atoms with Crippen LogP contribution in [0.15, 0.2) is 134 Å². The number of aliphatic hydroxyl groups excluding tert-OH is 1. The molecule has 0 saturated carbocycles. The van der Waals surface area contributed by atoms with E-state index in [1.807, 2.05) is 12.2 Å². The van der Waals surface area contributed by atoms with Crippen molar-refractivity contribution in [3.63, 3.8) is 0 Å². The van der Waals surface area contributed by atoms with E-state index in [-0.39, 0.29) is 31.6 Å². The second kappa shape index (κ2) is 41.5. The maximum Gasteiger partial charge on any atom is 0.306 e. The van der Waals surface area contributed by atoms with E-state index in [4.69, 9.17) is 9.47 Å². The highest BCUT2D eigenvalue weighted by molar-refractivity contribution is 5.70. The van der Waals surface area contributed by atoms with E-state index >= 15 is 0 Å². The van der Waals surface area contributed by atoms with Gasteiger partial charge in [-0.1, -0.05) is 154 Å². The molecule has 0 aliphatic carbocycles. The van der Waals surface area contributed by atoms with E-state index in [9.17, 15) is 14.7 Å². The molecule has 5 nitrogen and oxygen atoms in total. The zero-order valence-corrected chi connectivity index (χ0v) is 32.5. The van der Waals surface area contributed by atoms with Crippen LogP contribution in [0.3, 0.4) is 0 Å². The summed E-state index contributed by atoms with van der Waals surface area (Å²) in [6.07, 6.45) is 62.3. The molecule has 0 fully saturated rings. The maximum absolute atomic E-state index is 12.0. The minimum Gasteiger partial charge on any atom is -0.463 e. The Bertz CT molecular complexity index is 1170. The van der Waals surface area contributed by atoms with E-state index in [1.165, 1.54) is 0 Å². The van der Waals surface area contributed by atoms with Crippen molar-refractivity contribution in [2.75, 3.05) is 13.2 Å². The SMILES string of the molecule is CC/C=C\C/C=C\C/C=C\C/C=C\C/C=C\C/C=C\CCC(=O)OC[C@H](O)COC(=O)CCCCC/C=C\C/C=C\C/C=C\C/C=C\C/C=C\CC. The summed E-state index contributed by atoms with van der Waals surface area (Å²) < 4.78 is 10.2. The molecule has 0 heterocycles. The van der Waals surface area contributed by atoms with Crippen LogP contribution in [0.25, 0.3) is 0 Å². The lowest BCUT2D eigenvalue weighted by Gasteiger charge is -2.11. The third-order valence-corrected chi connectivity index (χ3v) is 7.39. The first kappa shape index (κ1) is 48.0. The molecule has 0 aromatic heterocycles. The van der Waals surface area contributed by atoms with Crippen LogP contribution in [0.4, 0.5) is 0 Å². The van der Waals surface area contributed by atoms with Gasteiger partial charge in [0.15, 0.2) is 0 Å². The predicted molar refractivity (Wildman–Crippen MR) is 223 cm³/mol.